The van der Waals surface area contributed by atoms with Crippen molar-refractivity contribution in [2.75, 3.05) is 9.80 Å². The van der Waals surface area contributed by atoms with Crippen LogP contribution < -0.4 is 46.9 Å². The van der Waals surface area contributed by atoms with E-state index in [1.165, 1.54) is 48.3 Å². The Labute approximate surface area is 383 Å². The molecular weight excluding hydrogens is 788 g/mol. The molecule has 0 spiro atoms. The molecule has 10 aromatic rings. The largest absolute Gasteiger partial charge is 0.311 e. The summed E-state index contributed by atoms with van der Waals surface area (Å²) in [5.41, 5.74) is 14.7. The number of hydrogen-bond donors (Lipinski definition) is 0. The summed E-state index contributed by atoms with van der Waals surface area (Å²) in [4.78, 5) is 4.82. The van der Waals surface area contributed by atoms with Crippen LogP contribution >= 0.6 is 0 Å². The summed E-state index contributed by atoms with van der Waals surface area (Å²) in [7, 11) is -2.88. The monoisotopic (exact) mass is 833 g/mol. The molecule has 13 rings (SSSR count). The van der Waals surface area contributed by atoms with E-state index in [9.17, 15) is 0 Å². The summed E-state index contributed by atoms with van der Waals surface area (Å²) in [6.45, 7) is -0.168. The predicted molar refractivity (Wildman–Crippen MR) is 274 cm³/mol. The van der Waals surface area contributed by atoms with Gasteiger partial charge >= 0.3 is 0 Å². The maximum atomic E-state index is 9.11. The van der Waals surface area contributed by atoms with Crippen molar-refractivity contribution in [3.05, 3.63) is 249 Å². The van der Waals surface area contributed by atoms with Crippen LogP contribution in [0.15, 0.2) is 249 Å². The third-order valence-electron chi connectivity index (χ3n) is 13.6. The third kappa shape index (κ3) is 5.33. The highest BCUT2D eigenvalue weighted by molar-refractivity contribution is 7.22. The molecule has 10 aromatic carbocycles. The Bertz CT molecular complexity index is 3640. The molecule has 0 radical (unpaired) electrons. The van der Waals surface area contributed by atoms with Crippen LogP contribution in [-0.2, 0) is 0 Å². The molecule has 0 unspecified atom stereocenters. The summed E-state index contributed by atoms with van der Waals surface area (Å²) in [6, 6.07) is 77.1. The van der Waals surface area contributed by atoms with Crippen molar-refractivity contribution in [2.45, 2.75) is 0 Å². The summed E-state index contributed by atoms with van der Waals surface area (Å²) in [6.07, 6.45) is 0. The van der Waals surface area contributed by atoms with E-state index in [4.69, 9.17) is 6.85 Å². The molecule has 3 aliphatic heterocycles. The molecule has 4 heteroatoms. The molecule has 0 aromatic heterocycles. The number of para-hydroxylation sites is 3. The van der Waals surface area contributed by atoms with Gasteiger partial charge in [0.25, 0.3) is 6.71 Å². The van der Waals surface area contributed by atoms with E-state index < -0.39 is 14.1 Å². The lowest BCUT2D eigenvalue weighted by Gasteiger charge is -2.45. The summed E-state index contributed by atoms with van der Waals surface area (Å²) in [5, 5.41) is 5.46. The van der Waals surface area contributed by atoms with E-state index in [1.54, 1.807) is 0 Å². The van der Waals surface area contributed by atoms with Crippen LogP contribution in [0.5, 0.6) is 0 Å². The second-order valence-corrected chi connectivity index (χ2v) is 20.5. The molecule has 298 valence electrons. The zero-order chi connectivity index (χ0) is 46.5. The fourth-order valence-corrected chi connectivity index (χ4v) is 16.3. The van der Waals surface area contributed by atoms with Gasteiger partial charge in [-0.25, -0.2) is 0 Å². The van der Waals surface area contributed by atoms with Crippen LogP contribution in [0.2, 0.25) is 0 Å². The van der Waals surface area contributed by atoms with Crippen molar-refractivity contribution in [2.24, 2.45) is 0 Å². The molecule has 0 saturated heterocycles. The van der Waals surface area contributed by atoms with Gasteiger partial charge in [0.15, 0.2) is 8.07 Å². The quantitative estimate of drug-likeness (QED) is 0.154. The van der Waals surface area contributed by atoms with Gasteiger partial charge in [0.05, 0.1) is 6.85 Å². The van der Waals surface area contributed by atoms with E-state index in [-0.39, 0.29) is 36.4 Å². The van der Waals surface area contributed by atoms with Crippen molar-refractivity contribution in [3.8, 4) is 33.4 Å². The molecular formula is C60H41BN2Si. The van der Waals surface area contributed by atoms with Gasteiger partial charge in [0, 0.05) is 34.1 Å². The first-order valence-corrected chi connectivity index (χ1v) is 23.9. The van der Waals surface area contributed by atoms with Crippen molar-refractivity contribution in [1.29, 1.82) is 0 Å². The molecule has 0 aliphatic carbocycles. The topological polar surface area (TPSA) is 6.48 Å². The van der Waals surface area contributed by atoms with Crippen molar-refractivity contribution in [3.63, 3.8) is 0 Å². The molecule has 0 N–H and O–H groups in total. The molecule has 0 fully saturated rings. The smallest absolute Gasteiger partial charge is 0.252 e. The number of fused-ring (bicyclic) bond motifs is 7. The van der Waals surface area contributed by atoms with Crippen molar-refractivity contribution >= 4 is 86.0 Å². The Morgan fingerprint density at radius 2 is 0.859 bits per heavy atom. The second kappa shape index (κ2) is 14.6. The first-order valence-electron chi connectivity index (χ1n) is 24.4. The van der Waals surface area contributed by atoms with Crippen molar-refractivity contribution in [1.82, 2.24) is 0 Å². The third-order valence-corrected chi connectivity index (χ3v) is 18.5. The lowest BCUT2D eigenvalue weighted by molar-refractivity contribution is 1.25. The maximum absolute atomic E-state index is 9.11. The van der Waals surface area contributed by atoms with E-state index in [1.807, 2.05) is 30.3 Å². The first-order chi connectivity index (χ1) is 33.9. The van der Waals surface area contributed by atoms with E-state index >= 15 is 0 Å². The number of nitrogens with zero attached hydrogens (tertiary/aromatic N) is 2. The van der Waals surface area contributed by atoms with E-state index in [0.29, 0.717) is 5.56 Å². The van der Waals surface area contributed by atoms with Crippen LogP contribution in [0, 0.1) is 0 Å². The Kier molecular flexibility index (Phi) is 7.26. The minimum Gasteiger partial charge on any atom is -0.311 e. The number of anilines is 6. The van der Waals surface area contributed by atoms with Gasteiger partial charge in [-0.2, -0.15) is 0 Å². The Balaban J connectivity index is 1.17. The number of hydrogen-bond acceptors (Lipinski definition) is 2. The highest BCUT2D eigenvalue weighted by Gasteiger charge is 2.51. The van der Waals surface area contributed by atoms with Gasteiger partial charge in [-0.1, -0.05) is 200 Å². The fourth-order valence-electron chi connectivity index (χ4n) is 11.1. The Morgan fingerprint density at radius 3 is 1.48 bits per heavy atom. The molecule has 64 heavy (non-hydrogen) atoms. The summed E-state index contributed by atoms with van der Waals surface area (Å²) < 4.78 is 44.0. The molecule has 3 aliphatic rings. The van der Waals surface area contributed by atoms with Gasteiger partial charge in [0.1, 0.15) is 0 Å². The molecule has 2 nitrogen and oxygen atoms in total. The lowest BCUT2D eigenvalue weighted by Crippen LogP contribution is -2.73. The van der Waals surface area contributed by atoms with Gasteiger partial charge in [-0.3, -0.25) is 0 Å². The zero-order valence-electron chi connectivity index (χ0n) is 39.8. The van der Waals surface area contributed by atoms with Crippen molar-refractivity contribution < 1.29 is 6.85 Å². The summed E-state index contributed by atoms with van der Waals surface area (Å²) >= 11 is 0. The molecule has 0 bridgehead atoms. The van der Waals surface area contributed by atoms with Crippen LogP contribution in [0.3, 0.4) is 0 Å². The standard InChI is InChI=1S/C60H41BN2Si/c1-6-22-42(23-7-1)48-32-16-17-33-49(48)43-38-56-60-57(39-43)63(45-26-10-3-11-27-45)55-40-51-50-34-18-21-37-58(50)64(46-28-12-4-13-29-46,47-30-14-5-15-31-47)59(51)41-53(55)61(60)52-35-19-20-36-54(52)62(56)44-24-8-2-9-25-44/h1-41H/i1D,6D,7D,22D,23D. The molecule has 3 heterocycles. The SMILES string of the molecule is [2H]c1c([2H])c([2H])c(-c2ccccc2-c2cc3c4c(c2)N(c2ccccc2)c2cc5c(cc2B4c2ccccc2N3c2ccccc2)[Si](c2ccccc2)(c2ccccc2)c2ccccc2-5)c([2H])c1[2H]. The van der Waals surface area contributed by atoms with Crippen LogP contribution in [0.4, 0.5) is 34.1 Å². The van der Waals surface area contributed by atoms with Gasteiger partial charge in [-0.15, -0.1) is 0 Å². The van der Waals surface area contributed by atoms with Gasteiger partial charge < -0.3 is 9.80 Å². The fraction of sp³-hybridized carbons (Fsp3) is 0. The van der Waals surface area contributed by atoms with Crippen LogP contribution in [0.1, 0.15) is 6.85 Å². The molecule has 0 atom stereocenters. The van der Waals surface area contributed by atoms with Crippen LogP contribution in [-0.4, -0.2) is 14.8 Å². The molecule has 0 saturated carbocycles. The first kappa shape index (κ1) is 31.9. The van der Waals surface area contributed by atoms with E-state index in [0.717, 1.165) is 45.3 Å². The van der Waals surface area contributed by atoms with E-state index in [2.05, 4.69) is 198 Å². The second-order valence-electron chi connectivity index (χ2n) is 16.8. The average molecular weight is 834 g/mol. The van der Waals surface area contributed by atoms with Gasteiger partial charge in [0.2, 0.25) is 0 Å². The molecule has 0 amide bonds. The minimum absolute atomic E-state index is 0.168. The number of rotatable bonds is 6. The Hall–Kier alpha value is -7.92. The predicted octanol–water partition coefficient (Wildman–Crippen LogP) is 10.5. The summed E-state index contributed by atoms with van der Waals surface area (Å²) in [5.74, 6) is 0. The highest BCUT2D eigenvalue weighted by atomic mass is 28.3. The van der Waals surface area contributed by atoms with Crippen LogP contribution in [0.25, 0.3) is 33.4 Å². The highest BCUT2D eigenvalue weighted by Crippen LogP contribution is 2.48. The normalized spacial score (nSPS) is 14.8. The number of benzene rings is 10. The van der Waals surface area contributed by atoms with Gasteiger partial charge in [-0.05, 0) is 119 Å². The zero-order valence-corrected chi connectivity index (χ0v) is 35.8. The lowest BCUT2D eigenvalue weighted by atomic mass is 9.33. The average Bonchev–Trinajstić information content (AvgIpc) is 3.70. The Morgan fingerprint density at radius 1 is 0.359 bits per heavy atom. The maximum Gasteiger partial charge on any atom is 0.252 e. The minimum atomic E-state index is -2.88.